The van der Waals surface area contributed by atoms with Crippen molar-refractivity contribution in [1.82, 2.24) is 30.7 Å². The van der Waals surface area contributed by atoms with E-state index in [1.54, 1.807) is 24.3 Å². The van der Waals surface area contributed by atoms with Crippen molar-refractivity contribution in [2.24, 2.45) is 23.5 Å². The zero-order chi connectivity index (χ0) is 62.6. The molecule has 2 aliphatic heterocycles. The third kappa shape index (κ3) is 31.4. The summed E-state index contributed by atoms with van der Waals surface area (Å²) in [6.07, 6.45) is 3.82. The minimum absolute atomic E-state index is 0.0842. The van der Waals surface area contributed by atoms with Gasteiger partial charge in [-0.3, -0.25) is 4.79 Å². The predicted molar refractivity (Wildman–Crippen MR) is 343 cm³/mol. The van der Waals surface area contributed by atoms with Crippen molar-refractivity contribution in [2.75, 3.05) is 60.1 Å². The number of hydrogen-bond donors (Lipinski definition) is 4. The highest BCUT2D eigenvalue weighted by molar-refractivity contribution is 6.62. The maximum atomic E-state index is 13.3. The first-order valence-electron chi connectivity index (χ1n) is 29.9. The van der Waals surface area contributed by atoms with E-state index in [1.807, 2.05) is 108 Å². The second kappa shape index (κ2) is 40.3. The first-order valence-corrected chi connectivity index (χ1v) is 30.3. The summed E-state index contributed by atoms with van der Waals surface area (Å²) < 4.78 is 48.0. The van der Waals surface area contributed by atoms with E-state index >= 15 is 0 Å². The third-order valence-corrected chi connectivity index (χ3v) is 13.5. The topological polar surface area (TPSA) is 160 Å². The monoisotopic (exact) mass is 1210 g/mol. The highest BCUT2D eigenvalue weighted by atomic mass is 35.5. The van der Waals surface area contributed by atoms with Crippen LogP contribution < -0.4 is 40.6 Å². The molecule has 2 heterocycles. The van der Waals surface area contributed by atoms with Gasteiger partial charge in [-0.2, -0.15) is 0 Å². The summed E-state index contributed by atoms with van der Waals surface area (Å²) in [5.74, 6) is 4.23. The highest BCUT2D eigenvalue weighted by Crippen LogP contribution is 2.21. The number of rotatable bonds is 21. The summed E-state index contributed by atoms with van der Waals surface area (Å²) in [4.78, 5) is 40.5. The van der Waals surface area contributed by atoms with Crippen molar-refractivity contribution < 1.29 is 42.1 Å². The molecule has 6 aromatic carbocycles. The number of halogens is 3. The molecule has 0 saturated carbocycles. The fraction of sp³-hybridized carbons (Fsp3) is 0.435. The number of urea groups is 1. The second-order valence-corrected chi connectivity index (χ2v) is 23.3. The van der Waals surface area contributed by atoms with Crippen LogP contribution in [0.4, 0.5) is 18.4 Å². The van der Waals surface area contributed by atoms with Gasteiger partial charge in [0.15, 0.2) is 0 Å². The molecule has 2 aliphatic rings. The Morgan fingerprint density at radius 2 is 0.907 bits per heavy atom. The first kappa shape index (κ1) is 71.4. The van der Waals surface area contributed by atoms with E-state index in [2.05, 4.69) is 93.0 Å². The first-order chi connectivity index (χ1) is 41.2. The van der Waals surface area contributed by atoms with E-state index < -0.39 is 6.09 Å². The number of carbonyl (C=O) groups excluding carboxylic acids is 3. The zero-order valence-corrected chi connectivity index (χ0v) is 52.8. The van der Waals surface area contributed by atoms with E-state index in [-0.39, 0.29) is 28.9 Å². The maximum absolute atomic E-state index is 13.3. The van der Waals surface area contributed by atoms with Crippen LogP contribution in [0.2, 0.25) is 0 Å². The summed E-state index contributed by atoms with van der Waals surface area (Å²) in [6.45, 7) is 23.2. The van der Waals surface area contributed by atoms with Gasteiger partial charge in [-0.1, -0.05) is 120 Å². The predicted octanol–water partition coefficient (Wildman–Crippen LogP) is 13.6. The molecular formula is C69H94ClF2N7O7. The zero-order valence-electron chi connectivity index (χ0n) is 52.0. The SMILES string of the molecule is CC(=O)Cl.CC(C)COc1ccc(CN)cc1.CC(C)COc1ccc(CNC(=O)N(Cc2ccc(F)cc2)C2CCN(C)CC2)cc1.CC(C)COc1ccc(CNC(=O)Oc2ccccc2)cc1.CN1CCC(NCc2ccc(F)cc2)CC1. The van der Waals surface area contributed by atoms with E-state index in [4.69, 9.17) is 24.7 Å². The lowest BCUT2D eigenvalue weighted by molar-refractivity contribution is -0.109. The Hall–Kier alpha value is -7.08. The molecule has 6 aromatic rings. The molecule has 468 valence electrons. The number of para-hydroxylation sites is 1. The van der Waals surface area contributed by atoms with Gasteiger partial charge in [-0.05, 0) is 196 Å². The van der Waals surface area contributed by atoms with Crippen LogP contribution in [-0.4, -0.2) is 104 Å². The highest BCUT2D eigenvalue weighted by Gasteiger charge is 2.27. The van der Waals surface area contributed by atoms with Gasteiger partial charge in [-0.15, -0.1) is 0 Å². The molecule has 0 atom stereocenters. The summed E-state index contributed by atoms with van der Waals surface area (Å²) in [5.41, 5.74) is 10.7. The van der Waals surface area contributed by atoms with E-state index in [0.29, 0.717) is 68.9 Å². The molecule has 17 heteroatoms. The summed E-state index contributed by atoms with van der Waals surface area (Å²) >= 11 is 4.64. The lowest BCUT2D eigenvalue weighted by atomic mass is 10.0. The van der Waals surface area contributed by atoms with Gasteiger partial charge < -0.3 is 55.3 Å². The van der Waals surface area contributed by atoms with Gasteiger partial charge in [0.05, 0.1) is 19.8 Å². The Kier molecular flexibility index (Phi) is 33.5. The van der Waals surface area contributed by atoms with Crippen molar-refractivity contribution in [3.8, 4) is 23.0 Å². The van der Waals surface area contributed by atoms with E-state index in [0.717, 1.165) is 84.1 Å². The number of benzene rings is 6. The van der Waals surface area contributed by atoms with Crippen LogP contribution in [0.5, 0.6) is 23.0 Å². The Balaban J connectivity index is 0.000000252. The van der Waals surface area contributed by atoms with Gasteiger partial charge in [0.2, 0.25) is 5.24 Å². The maximum Gasteiger partial charge on any atom is 0.412 e. The van der Waals surface area contributed by atoms with Crippen molar-refractivity contribution in [2.45, 2.75) is 119 Å². The van der Waals surface area contributed by atoms with Gasteiger partial charge in [0, 0.05) is 51.7 Å². The molecule has 86 heavy (non-hydrogen) atoms. The number of nitrogens with zero attached hydrogens (tertiary/aromatic N) is 3. The average molecular weight is 1210 g/mol. The number of nitrogens with one attached hydrogen (secondary N) is 3. The van der Waals surface area contributed by atoms with Gasteiger partial charge in [0.1, 0.15) is 34.6 Å². The van der Waals surface area contributed by atoms with Gasteiger partial charge >= 0.3 is 12.1 Å². The third-order valence-electron chi connectivity index (χ3n) is 13.5. The van der Waals surface area contributed by atoms with Crippen LogP contribution in [0, 0.1) is 29.4 Å². The quantitative estimate of drug-likeness (QED) is 0.0508. The number of ether oxygens (including phenoxy) is 4. The molecule has 5 N–H and O–H groups in total. The molecule has 0 radical (unpaired) electrons. The van der Waals surface area contributed by atoms with Crippen LogP contribution in [0.25, 0.3) is 0 Å². The molecule has 0 spiro atoms. The smallest absolute Gasteiger partial charge is 0.412 e. The largest absolute Gasteiger partial charge is 0.493 e. The van der Waals surface area contributed by atoms with Crippen LogP contribution in [0.15, 0.2) is 152 Å². The van der Waals surface area contributed by atoms with E-state index in [9.17, 15) is 23.2 Å². The number of likely N-dealkylation sites (tertiary alicyclic amines) is 2. The van der Waals surface area contributed by atoms with Crippen molar-refractivity contribution in [3.05, 3.63) is 191 Å². The molecule has 8 rings (SSSR count). The Bertz CT molecular complexity index is 2780. The standard InChI is InChI=1S/C25H34FN3O2.C18H21NO3.C13H19FN2.C11H17NO.C2H3ClO/c1-19(2)18-31-24-10-6-20(7-11-24)16-27-25(30)29(23-12-14-28(3)15-13-23)17-21-4-8-22(26)9-5-21;1-14(2)13-21-16-10-8-15(9-11-16)12-19-18(20)22-17-6-4-3-5-7-17;1-16-8-6-13(7-9-16)15-10-11-2-4-12(14)5-3-11;1-9(2)8-13-11-5-3-10(7-12)4-6-11;1-2(3)4/h4-11,19,23H,12-18H2,1-3H3,(H,27,30);3-11,14H,12-13H2,1-2H3,(H,19,20);2-5,13,15H,6-10H2,1H3;3-6,9H,7-8,12H2,1-2H3;1H3. The molecule has 2 fully saturated rings. The summed E-state index contributed by atoms with van der Waals surface area (Å²) in [6, 6.07) is 46.2. The summed E-state index contributed by atoms with van der Waals surface area (Å²) in [7, 11) is 4.27. The number of carbonyl (C=O) groups is 3. The van der Waals surface area contributed by atoms with Crippen LogP contribution >= 0.6 is 11.6 Å². The molecule has 0 unspecified atom stereocenters. The fourth-order valence-electron chi connectivity index (χ4n) is 8.54. The average Bonchev–Trinajstić information content (AvgIpc) is 2.78. The molecule has 2 saturated heterocycles. The molecule has 0 aromatic heterocycles. The van der Waals surface area contributed by atoms with Crippen LogP contribution in [-0.2, 0) is 37.5 Å². The van der Waals surface area contributed by atoms with Gasteiger partial charge in [0.25, 0.3) is 0 Å². The minimum Gasteiger partial charge on any atom is -0.493 e. The molecule has 3 amide bonds. The van der Waals surface area contributed by atoms with Crippen molar-refractivity contribution in [3.63, 3.8) is 0 Å². The molecular weight excluding hydrogens is 1110 g/mol. The van der Waals surface area contributed by atoms with Crippen molar-refractivity contribution >= 4 is 29.0 Å². The van der Waals surface area contributed by atoms with Crippen LogP contribution in [0.3, 0.4) is 0 Å². The van der Waals surface area contributed by atoms with Crippen LogP contribution in [0.1, 0.15) is 102 Å². The Labute approximate surface area is 516 Å². The fourth-order valence-corrected chi connectivity index (χ4v) is 8.54. The van der Waals surface area contributed by atoms with E-state index in [1.165, 1.54) is 57.1 Å². The lowest BCUT2D eigenvalue weighted by Crippen LogP contribution is -2.49. The minimum atomic E-state index is -0.466. The normalized spacial score (nSPS) is 13.5. The van der Waals surface area contributed by atoms with Crippen molar-refractivity contribution in [1.29, 1.82) is 0 Å². The number of nitrogens with two attached hydrogens (primary N) is 1. The number of piperidine rings is 2. The Morgan fingerprint density at radius 3 is 1.33 bits per heavy atom. The Morgan fingerprint density at radius 1 is 0.535 bits per heavy atom. The molecule has 14 nitrogen and oxygen atoms in total. The second-order valence-electron chi connectivity index (χ2n) is 22.8. The van der Waals surface area contributed by atoms with Gasteiger partial charge in [-0.25, -0.2) is 18.4 Å². The summed E-state index contributed by atoms with van der Waals surface area (Å²) in [5, 5.41) is 8.95. The molecule has 0 aliphatic carbocycles. The number of amides is 3. The molecule has 0 bridgehead atoms. The lowest BCUT2D eigenvalue weighted by Gasteiger charge is -2.37. The number of hydrogen-bond acceptors (Lipinski definition) is 11.